The summed E-state index contributed by atoms with van der Waals surface area (Å²) in [5.74, 6) is -1.31. The molecule has 0 aliphatic heterocycles. The van der Waals surface area contributed by atoms with Crippen molar-refractivity contribution in [3.05, 3.63) is 60.8 Å². The van der Waals surface area contributed by atoms with Crippen LogP contribution in [-0.2, 0) is 13.1 Å². The molecule has 2 N–H and O–H groups in total. The second-order valence-electron chi connectivity index (χ2n) is 4.18. The zero-order valence-electron chi connectivity index (χ0n) is 10.7. The van der Waals surface area contributed by atoms with E-state index in [1.807, 2.05) is 6.07 Å². The van der Waals surface area contributed by atoms with Gasteiger partial charge in [0, 0.05) is 24.0 Å². The van der Waals surface area contributed by atoms with Gasteiger partial charge in [0.1, 0.15) is 5.56 Å². The first kappa shape index (κ1) is 15.4. The number of nitro groups is 1. The van der Waals surface area contributed by atoms with E-state index in [4.69, 9.17) is 16.7 Å². The van der Waals surface area contributed by atoms with Gasteiger partial charge in [-0.05, 0) is 17.7 Å². The number of aromatic carboxylic acids is 1. The minimum atomic E-state index is -1.31. The number of hydrogen-bond donors (Lipinski definition) is 2. The molecule has 0 aliphatic rings. The summed E-state index contributed by atoms with van der Waals surface area (Å²) in [5.41, 5.74) is -0.306. The van der Waals surface area contributed by atoms with Crippen molar-refractivity contribution in [1.82, 2.24) is 5.32 Å². The molecular formula is C13H11ClN2O4S. The maximum Gasteiger partial charge on any atom is 0.343 e. The molecule has 110 valence electrons. The number of carboxylic acid groups (broad SMARTS) is 1. The van der Waals surface area contributed by atoms with E-state index in [2.05, 4.69) is 5.32 Å². The molecule has 0 amide bonds. The molecule has 0 bridgehead atoms. The first-order chi connectivity index (χ1) is 9.99. The van der Waals surface area contributed by atoms with Crippen molar-refractivity contribution in [2.45, 2.75) is 13.1 Å². The average molecular weight is 327 g/mol. The van der Waals surface area contributed by atoms with Gasteiger partial charge in [0.2, 0.25) is 0 Å². The van der Waals surface area contributed by atoms with Crippen LogP contribution in [0.1, 0.15) is 20.8 Å². The van der Waals surface area contributed by atoms with Gasteiger partial charge in [-0.3, -0.25) is 10.1 Å². The largest absolute Gasteiger partial charge is 0.477 e. The van der Waals surface area contributed by atoms with Crippen molar-refractivity contribution in [2.75, 3.05) is 0 Å². The molecule has 0 fully saturated rings. The smallest absolute Gasteiger partial charge is 0.343 e. The number of hydrogen-bond acceptors (Lipinski definition) is 5. The molecule has 0 atom stereocenters. The number of benzene rings is 1. The fourth-order valence-corrected chi connectivity index (χ4v) is 2.96. The Morgan fingerprint density at radius 2 is 2.10 bits per heavy atom. The fraction of sp³-hybridized carbons (Fsp3) is 0.154. The van der Waals surface area contributed by atoms with Crippen LogP contribution in [0.3, 0.4) is 0 Å². The Morgan fingerprint density at radius 3 is 2.67 bits per heavy atom. The summed E-state index contributed by atoms with van der Waals surface area (Å²) in [7, 11) is 0. The van der Waals surface area contributed by atoms with Crippen LogP contribution < -0.4 is 5.32 Å². The Labute approximate surface area is 129 Å². The second kappa shape index (κ2) is 6.66. The van der Waals surface area contributed by atoms with Gasteiger partial charge in [-0.15, -0.1) is 11.3 Å². The SMILES string of the molecule is O=C(O)c1c(CNCc2ccc(Cl)s2)cccc1[N+](=O)[O-]. The van der Waals surface area contributed by atoms with E-state index in [1.165, 1.54) is 23.5 Å². The van der Waals surface area contributed by atoms with Crippen LogP contribution in [0.25, 0.3) is 0 Å². The van der Waals surface area contributed by atoms with Gasteiger partial charge in [-0.25, -0.2) is 4.79 Å². The molecule has 6 nitrogen and oxygen atoms in total. The van der Waals surface area contributed by atoms with Crippen LogP contribution in [0, 0.1) is 10.1 Å². The lowest BCUT2D eigenvalue weighted by Crippen LogP contribution is -2.16. The third-order valence-corrected chi connectivity index (χ3v) is 4.01. The number of rotatable bonds is 6. The standard InChI is InChI=1S/C13H11ClN2O4S/c14-11-5-4-9(21-11)7-15-6-8-2-1-3-10(16(19)20)12(8)13(17)18/h1-5,15H,6-7H2,(H,17,18). The Morgan fingerprint density at radius 1 is 1.33 bits per heavy atom. The molecule has 1 aromatic heterocycles. The van der Waals surface area contributed by atoms with Crippen LogP contribution in [0.5, 0.6) is 0 Å². The van der Waals surface area contributed by atoms with Crippen molar-refractivity contribution in [3.8, 4) is 0 Å². The second-order valence-corrected chi connectivity index (χ2v) is 5.98. The van der Waals surface area contributed by atoms with Gasteiger partial charge >= 0.3 is 5.97 Å². The Balaban J connectivity index is 2.14. The third kappa shape index (κ3) is 3.78. The van der Waals surface area contributed by atoms with E-state index in [0.717, 1.165) is 4.88 Å². The molecule has 21 heavy (non-hydrogen) atoms. The van der Waals surface area contributed by atoms with Gasteiger partial charge in [0.25, 0.3) is 5.69 Å². The monoisotopic (exact) mass is 326 g/mol. The van der Waals surface area contributed by atoms with E-state index in [0.29, 0.717) is 16.4 Å². The molecule has 8 heteroatoms. The van der Waals surface area contributed by atoms with Crippen LogP contribution in [-0.4, -0.2) is 16.0 Å². The van der Waals surface area contributed by atoms with Gasteiger partial charge < -0.3 is 10.4 Å². The minimum Gasteiger partial charge on any atom is -0.477 e. The van der Waals surface area contributed by atoms with Gasteiger partial charge in [-0.1, -0.05) is 23.7 Å². The molecule has 0 spiro atoms. The summed E-state index contributed by atoms with van der Waals surface area (Å²) >= 11 is 7.24. The molecule has 0 saturated carbocycles. The highest BCUT2D eigenvalue weighted by Gasteiger charge is 2.22. The predicted molar refractivity (Wildman–Crippen MR) is 79.9 cm³/mol. The minimum absolute atomic E-state index is 0.221. The quantitative estimate of drug-likeness (QED) is 0.627. The number of thiophene rings is 1. The lowest BCUT2D eigenvalue weighted by molar-refractivity contribution is -0.385. The van der Waals surface area contributed by atoms with Gasteiger partial charge in [-0.2, -0.15) is 0 Å². The molecule has 0 saturated heterocycles. The Hall–Kier alpha value is -1.96. The molecule has 2 aromatic rings. The number of halogens is 1. The fourth-order valence-electron chi connectivity index (χ4n) is 1.90. The number of nitro benzene ring substituents is 1. The highest BCUT2D eigenvalue weighted by Crippen LogP contribution is 2.23. The molecule has 0 unspecified atom stereocenters. The van der Waals surface area contributed by atoms with E-state index in [-0.39, 0.29) is 12.1 Å². The van der Waals surface area contributed by atoms with E-state index in [1.54, 1.807) is 12.1 Å². The van der Waals surface area contributed by atoms with Crippen molar-refractivity contribution < 1.29 is 14.8 Å². The van der Waals surface area contributed by atoms with Gasteiger partial charge in [0.15, 0.2) is 0 Å². The summed E-state index contributed by atoms with van der Waals surface area (Å²) in [6, 6.07) is 7.87. The maximum atomic E-state index is 11.2. The molecule has 0 aliphatic carbocycles. The molecule has 1 aromatic carbocycles. The predicted octanol–water partition coefficient (Wildman–Crippen LogP) is 3.30. The summed E-state index contributed by atoms with van der Waals surface area (Å²) in [5, 5.41) is 23.1. The molecule has 2 rings (SSSR count). The first-order valence-corrected chi connectivity index (χ1v) is 7.13. The van der Waals surface area contributed by atoms with Gasteiger partial charge in [0.05, 0.1) is 9.26 Å². The highest BCUT2D eigenvalue weighted by atomic mass is 35.5. The Kier molecular flexibility index (Phi) is 4.89. The zero-order valence-corrected chi connectivity index (χ0v) is 12.3. The number of carbonyl (C=O) groups is 1. The van der Waals surface area contributed by atoms with Crippen molar-refractivity contribution in [2.24, 2.45) is 0 Å². The van der Waals surface area contributed by atoms with Crippen molar-refractivity contribution in [1.29, 1.82) is 0 Å². The number of nitrogens with zero attached hydrogens (tertiary/aromatic N) is 1. The normalized spacial score (nSPS) is 10.5. The summed E-state index contributed by atoms with van der Waals surface area (Å²) in [4.78, 5) is 22.4. The molecule has 0 radical (unpaired) electrons. The maximum absolute atomic E-state index is 11.2. The summed E-state index contributed by atoms with van der Waals surface area (Å²) < 4.78 is 0.674. The molecule has 1 heterocycles. The van der Waals surface area contributed by atoms with E-state index >= 15 is 0 Å². The van der Waals surface area contributed by atoms with E-state index in [9.17, 15) is 14.9 Å². The zero-order chi connectivity index (χ0) is 15.4. The summed E-state index contributed by atoms with van der Waals surface area (Å²) in [6.07, 6.45) is 0. The van der Waals surface area contributed by atoms with Crippen LogP contribution in [0.4, 0.5) is 5.69 Å². The van der Waals surface area contributed by atoms with E-state index < -0.39 is 16.6 Å². The lowest BCUT2D eigenvalue weighted by Gasteiger charge is -2.07. The van der Waals surface area contributed by atoms with Crippen LogP contribution in [0.15, 0.2) is 30.3 Å². The third-order valence-electron chi connectivity index (χ3n) is 2.78. The van der Waals surface area contributed by atoms with Crippen molar-refractivity contribution in [3.63, 3.8) is 0 Å². The Bertz CT molecular complexity index is 687. The van der Waals surface area contributed by atoms with Crippen molar-refractivity contribution >= 4 is 34.6 Å². The molecular weight excluding hydrogens is 316 g/mol. The number of carboxylic acids is 1. The van der Waals surface area contributed by atoms with Crippen LogP contribution >= 0.6 is 22.9 Å². The highest BCUT2D eigenvalue weighted by molar-refractivity contribution is 7.16. The van der Waals surface area contributed by atoms with Crippen LogP contribution in [0.2, 0.25) is 4.34 Å². The topological polar surface area (TPSA) is 92.5 Å². The summed E-state index contributed by atoms with van der Waals surface area (Å²) in [6.45, 7) is 0.734. The first-order valence-electron chi connectivity index (χ1n) is 5.93. The lowest BCUT2D eigenvalue weighted by atomic mass is 10.1. The average Bonchev–Trinajstić information content (AvgIpc) is 2.83. The number of nitrogens with one attached hydrogen (secondary N) is 1.